The Morgan fingerprint density at radius 3 is 2.56 bits per heavy atom. The van der Waals surface area contributed by atoms with Crippen molar-refractivity contribution in [1.29, 1.82) is 0 Å². The van der Waals surface area contributed by atoms with Crippen molar-refractivity contribution in [2.75, 3.05) is 13.1 Å². The summed E-state index contributed by atoms with van der Waals surface area (Å²) in [5.74, 6) is -0.933. The Balaban J connectivity index is 2.59. The van der Waals surface area contributed by atoms with Crippen LogP contribution < -0.4 is 10.6 Å². The topological polar surface area (TPSA) is 78.4 Å². The highest BCUT2D eigenvalue weighted by Crippen LogP contribution is 2.23. The summed E-state index contributed by atoms with van der Waals surface area (Å²) >= 11 is 0. The minimum absolute atomic E-state index is 0.0247. The molecule has 1 aliphatic rings. The van der Waals surface area contributed by atoms with Gasteiger partial charge in [-0.15, -0.1) is 0 Å². The van der Waals surface area contributed by atoms with Crippen molar-refractivity contribution in [2.24, 2.45) is 11.3 Å². The highest BCUT2D eigenvalue weighted by atomic mass is 16.4. The lowest BCUT2D eigenvalue weighted by Gasteiger charge is -2.32. The summed E-state index contributed by atoms with van der Waals surface area (Å²) in [6.45, 7) is 7.48. The van der Waals surface area contributed by atoms with E-state index < -0.39 is 5.97 Å². The number of rotatable bonds is 4. The van der Waals surface area contributed by atoms with Crippen LogP contribution in [0.15, 0.2) is 0 Å². The number of hydrogen-bond acceptors (Lipinski definition) is 3. The number of nitrogens with one attached hydrogen (secondary N) is 2. The van der Waals surface area contributed by atoms with E-state index in [0.717, 1.165) is 19.4 Å². The normalized spacial score (nSPS) is 22.3. The van der Waals surface area contributed by atoms with Gasteiger partial charge in [0.25, 0.3) is 0 Å². The molecule has 1 aliphatic heterocycles. The number of carboxylic acids is 1. The predicted molar refractivity (Wildman–Crippen MR) is 69.2 cm³/mol. The largest absolute Gasteiger partial charge is 0.481 e. The molecule has 1 heterocycles. The van der Waals surface area contributed by atoms with Crippen molar-refractivity contribution in [1.82, 2.24) is 10.6 Å². The standard InChI is InChI=1S/C13H24N2O3/c1-13(2,3)10(7-11(16)17)15-12(18)9-5-4-6-14-8-9/h9-10,14H,4-8H2,1-3H3,(H,15,18)(H,16,17)/t9-,10?/m0/s1. The van der Waals surface area contributed by atoms with Gasteiger partial charge in [-0.25, -0.2) is 0 Å². The van der Waals surface area contributed by atoms with Crippen molar-refractivity contribution < 1.29 is 14.7 Å². The summed E-state index contributed by atoms with van der Waals surface area (Å²) in [4.78, 5) is 22.9. The maximum absolute atomic E-state index is 12.1. The van der Waals surface area contributed by atoms with Gasteiger partial charge in [0.05, 0.1) is 12.3 Å². The fraction of sp³-hybridized carbons (Fsp3) is 0.846. The van der Waals surface area contributed by atoms with Crippen LogP contribution in [0.2, 0.25) is 0 Å². The number of hydrogen-bond donors (Lipinski definition) is 3. The molecule has 0 aliphatic carbocycles. The predicted octanol–water partition coefficient (Wildman–Crippen LogP) is 0.992. The zero-order valence-electron chi connectivity index (χ0n) is 11.5. The molecule has 5 nitrogen and oxygen atoms in total. The second kappa shape index (κ2) is 6.18. The molecule has 18 heavy (non-hydrogen) atoms. The van der Waals surface area contributed by atoms with Crippen molar-refractivity contribution in [2.45, 2.75) is 46.1 Å². The average molecular weight is 256 g/mol. The zero-order chi connectivity index (χ0) is 13.8. The van der Waals surface area contributed by atoms with Crippen molar-refractivity contribution in [3.8, 4) is 0 Å². The fourth-order valence-corrected chi connectivity index (χ4v) is 2.11. The highest BCUT2D eigenvalue weighted by Gasteiger charge is 2.31. The Morgan fingerprint density at radius 1 is 1.44 bits per heavy atom. The van der Waals surface area contributed by atoms with Gasteiger partial charge < -0.3 is 15.7 Å². The highest BCUT2D eigenvalue weighted by molar-refractivity contribution is 5.80. The molecule has 1 amide bonds. The molecular weight excluding hydrogens is 232 g/mol. The molecule has 0 aromatic heterocycles. The van der Waals surface area contributed by atoms with Gasteiger partial charge in [-0.1, -0.05) is 20.8 Å². The molecule has 2 atom stereocenters. The van der Waals surface area contributed by atoms with E-state index in [1.807, 2.05) is 20.8 Å². The van der Waals surface area contributed by atoms with Crippen LogP contribution in [0.25, 0.3) is 0 Å². The monoisotopic (exact) mass is 256 g/mol. The van der Waals surface area contributed by atoms with E-state index in [9.17, 15) is 9.59 Å². The second-order valence-corrected chi connectivity index (χ2v) is 6.07. The lowest BCUT2D eigenvalue weighted by Crippen LogP contribution is -2.49. The molecule has 0 saturated carbocycles. The first-order chi connectivity index (χ1) is 8.30. The molecular formula is C13H24N2O3. The van der Waals surface area contributed by atoms with Crippen LogP contribution in [0.3, 0.4) is 0 Å². The van der Waals surface area contributed by atoms with Crippen LogP contribution >= 0.6 is 0 Å². The summed E-state index contributed by atoms with van der Waals surface area (Å²) < 4.78 is 0. The summed E-state index contributed by atoms with van der Waals surface area (Å²) in [6, 6.07) is -0.329. The molecule has 1 fully saturated rings. The van der Waals surface area contributed by atoms with Crippen LogP contribution in [-0.2, 0) is 9.59 Å². The molecule has 0 aromatic rings. The number of carbonyl (C=O) groups excluding carboxylic acids is 1. The molecule has 0 aromatic carbocycles. The quantitative estimate of drug-likeness (QED) is 0.701. The molecule has 1 saturated heterocycles. The minimum Gasteiger partial charge on any atom is -0.481 e. The lowest BCUT2D eigenvalue weighted by atomic mass is 9.84. The lowest BCUT2D eigenvalue weighted by molar-refractivity contribution is -0.138. The third kappa shape index (κ3) is 4.64. The molecule has 1 rings (SSSR count). The molecule has 3 N–H and O–H groups in total. The van der Waals surface area contributed by atoms with E-state index in [0.29, 0.717) is 6.54 Å². The van der Waals surface area contributed by atoms with Crippen LogP contribution in [0.5, 0.6) is 0 Å². The van der Waals surface area contributed by atoms with Crippen LogP contribution in [0, 0.1) is 11.3 Å². The van der Waals surface area contributed by atoms with Gasteiger partial charge in [-0.2, -0.15) is 0 Å². The van der Waals surface area contributed by atoms with Gasteiger partial charge >= 0.3 is 5.97 Å². The summed E-state index contributed by atoms with van der Waals surface area (Å²) in [7, 11) is 0. The smallest absolute Gasteiger partial charge is 0.305 e. The third-order valence-corrected chi connectivity index (χ3v) is 3.41. The van der Waals surface area contributed by atoms with E-state index in [1.165, 1.54) is 0 Å². The molecule has 0 radical (unpaired) electrons. The molecule has 0 bridgehead atoms. The minimum atomic E-state index is -0.878. The SMILES string of the molecule is CC(C)(C)C(CC(=O)O)NC(=O)[C@H]1CCCNC1. The van der Waals surface area contributed by atoms with Gasteiger partial charge in [0.15, 0.2) is 0 Å². The number of aliphatic carboxylic acids is 1. The van der Waals surface area contributed by atoms with E-state index in [4.69, 9.17) is 5.11 Å². The Kier molecular flexibility index (Phi) is 5.14. The first-order valence-corrected chi connectivity index (χ1v) is 6.53. The van der Waals surface area contributed by atoms with Crippen LogP contribution in [0.1, 0.15) is 40.0 Å². The Hall–Kier alpha value is -1.10. The second-order valence-electron chi connectivity index (χ2n) is 6.07. The van der Waals surface area contributed by atoms with Gasteiger partial charge in [0.2, 0.25) is 5.91 Å². The summed E-state index contributed by atoms with van der Waals surface area (Å²) in [5, 5.41) is 15.0. The van der Waals surface area contributed by atoms with Crippen LogP contribution in [-0.4, -0.2) is 36.1 Å². The van der Waals surface area contributed by atoms with Gasteiger partial charge in [-0.3, -0.25) is 9.59 Å². The first-order valence-electron chi connectivity index (χ1n) is 6.53. The van der Waals surface area contributed by atoms with E-state index >= 15 is 0 Å². The number of amides is 1. The number of carbonyl (C=O) groups is 2. The van der Waals surface area contributed by atoms with E-state index in [-0.39, 0.29) is 29.7 Å². The Labute approximate surface area is 108 Å². The molecule has 1 unspecified atom stereocenters. The number of piperidine rings is 1. The van der Waals surface area contributed by atoms with Gasteiger partial charge in [0.1, 0.15) is 0 Å². The van der Waals surface area contributed by atoms with Crippen molar-refractivity contribution >= 4 is 11.9 Å². The van der Waals surface area contributed by atoms with Crippen molar-refractivity contribution in [3.63, 3.8) is 0 Å². The number of carboxylic acid groups (broad SMARTS) is 1. The average Bonchev–Trinajstić information content (AvgIpc) is 2.27. The van der Waals surface area contributed by atoms with E-state index in [2.05, 4.69) is 10.6 Å². The fourth-order valence-electron chi connectivity index (χ4n) is 2.11. The maximum Gasteiger partial charge on any atom is 0.305 e. The zero-order valence-corrected chi connectivity index (χ0v) is 11.5. The first kappa shape index (κ1) is 15.0. The Morgan fingerprint density at radius 2 is 2.11 bits per heavy atom. The van der Waals surface area contributed by atoms with Gasteiger partial charge in [0, 0.05) is 12.6 Å². The van der Waals surface area contributed by atoms with E-state index in [1.54, 1.807) is 0 Å². The Bertz CT molecular complexity index is 304. The van der Waals surface area contributed by atoms with Crippen LogP contribution in [0.4, 0.5) is 0 Å². The maximum atomic E-state index is 12.1. The molecule has 0 spiro atoms. The molecule has 5 heteroatoms. The summed E-state index contributed by atoms with van der Waals surface area (Å²) in [6.07, 6.45) is 1.84. The van der Waals surface area contributed by atoms with Crippen molar-refractivity contribution in [3.05, 3.63) is 0 Å². The van der Waals surface area contributed by atoms with Gasteiger partial charge in [-0.05, 0) is 24.8 Å². The summed E-state index contributed by atoms with van der Waals surface area (Å²) in [5.41, 5.74) is -0.254. The third-order valence-electron chi connectivity index (χ3n) is 3.41. The molecule has 104 valence electrons.